The number of nitrogens with one attached hydrogen (secondary N) is 1. The average molecular weight is 463 g/mol. The van der Waals surface area contributed by atoms with Gasteiger partial charge in [0.2, 0.25) is 5.91 Å². The Hall–Kier alpha value is -2.39. The highest BCUT2D eigenvalue weighted by Gasteiger charge is 2.35. The van der Waals surface area contributed by atoms with E-state index in [4.69, 9.17) is 33.0 Å². The van der Waals surface area contributed by atoms with Crippen molar-refractivity contribution in [2.24, 2.45) is 0 Å². The number of alkyl halides is 1. The first-order valence-corrected chi connectivity index (χ1v) is 9.96. The van der Waals surface area contributed by atoms with Crippen LogP contribution in [0, 0.1) is 0 Å². The summed E-state index contributed by atoms with van der Waals surface area (Å²) in [4.78, 5) is 48.9. The van der Waals surface area contributed by atoms with Crippen LogP contribution < -0.4 is 5.32 Å². The molecule has 0 bridgehead atoms. The van der Waals surface area contributed by atoms with Gasteiger partial charge in [0, 0.05) is 22.2 Å². The minimum Gasteiger partial charge on any atom is -0.481 e. The molecule has 2 amide bonds. The summed E-state index contributed by atoms with van der Waals surface area (Å²) in [7, 11) is 0. The number of Topliss-reactive ketones (excluding diaryl/α,β-unsaturated/α-hetero) is 1. The second kappa shape index (κ2) is 11.1. The second-order valence-corrected chi connectivity index (χ2v) is 7.60. The van der Waals surface area contributed by atoms with Crippen LogP contribution in [0.2, 0.25) is 10.0 Å². The zero-order chi connectivity index (χ0) is 22.3. The number of ketones is 1. The molecular formula is C19H21Cl2FN2O6. The van der Waals surface area contributed by atoms with Crippen molar-refractivity contribution in [3.63, 3.8) is 0 Å². The minimum absolute atomic E-state index is 0.162. The maximum absolute atomic E-state index is 12.7. The van der Waals surface area contributed by atoms with E-state index in [-0.39, 0.29) is 13.2 Å². The van der Waals surface area contributed by atoms with E-state index < -0.39 is 48.9 Å². The molecule has 1 fully saturated rings. The highest BCUT2D eigenvalue weighted by atomic mass is 35.5. The smallest absolute Gasteiger partial charge is 0.410 e. The van der Waals surface area contributed by atoms with Gasteiger partial charge < -0.3 is 15.2 Å². The number of carboxylic acid groups (broad SMARTS) is 1. The molecule has 8 nitrogen and oxygen atoms in total. The fourth-order valence-electron chi connectivity index (χ4n) is 3.08. The van der Waals surface area contributed by atoms with Crippen molar-refractivity contribution >= 4 is 47.0 Å². The van der Waals surface area contributed by atoms with Crippen molar-refractivity contribution in [3.8, 4) is 0 Å². The number of nitrogens with zero attached hydrogens (tertiary/aromatic N) is 1. The van der Waals surface area contributed by atoms with Gasteiger partial charge in [0.15, 0.2) is 5.78 Å². The van der Waals surface area contributed by atoms with E-state index >= 15 is 0 Å². The monoisotopic (exact) mass is 462 g/mol. The number of amides is 2. The average Bonchev–Trinajstić information content (AvgIpc) is 2.72. The SMILES string of the molecule is O=C(O)CC(NC(=O)[C@@H]1CCCCN1C(=O)OCc1cc(Cl)ccc1Cl)C(=O)CF. The van der Waals surface area contributed by atoms with Crippen LogP contribution in [0.3, 0.4) is 0 Å². The molecule has 1 aliphatic heterocycles. The van der Waals surface area contributed by atoms with Gasteiger partial charge in [-0.05, 0) is 37.5 Å². The molecule has 0 spiro atoms. The third-order valence-corrected chi connectivity index (χ3v) is 5.22. The van der Waals surface area contributed by atoms with Gasteiger partial charge in [-0.3, -0.25) is 19.3 Å². The molecule has 1 heterocycles. The Labute approximate surface area is 182 Å². The Morgan fingerprint density at radius 2 is 2.00 bits per heavy atom. The molecule has 1 aromatic rings. The third-order valence-electron chi connectivity index (χ3n) is 4.61. The number of carboxylic acids is 1. The number of likely N-dealkylation sites (tertiary alicyclic amines) is 1. The highest BCUT2D eigenvalue weighted by Crippen LogP contribution is 2.23. The van der Waals surface area contributed by atoms with Gasteiger partial charge in [-0.25, -0.2) is 9.18 Å². The van der Waals surface area contributed by atoms with Crippen LogP contribution >= 0.6 is 23.2 Å². The molecule has 164 valence electrons. The van der Waals surface area contributed by atoms with Crippen molar-refractivity contribution < 1.29 is 33.4 Å². The summed E-state index contributed by atoms with van der Waals surface area (Å²) in [5.41, 5.74) is 0.491. The van der Waals surface area contributed by atoms with Crippen molar-refractivity contribution in [2.75, 3.05) is 13.2 Å². The first-order valence-electron chi connectivity index (χ1n) is 9.21. The zero-order valence-corrected chi connectivity index (χ0v) is 17.4. The summed E-state index contributed by atoms with van der Waals surface area (Å²) >= 11 is 12.0. The molecule has 0 saturated carbocycles. The van der Waals surface area contributed by atoms with Crippen LogP contribution in [0.25, 0.3) is 0 Å². The predicted octanol–water partition coefficient (Wildman–Crippen LogP) is 2.98. The number of hydrogen-bond donors (Lipinski definition) is 2. The maximum atomic E-state index is 12.7. The highest BCUT2D eigenvalue weighted by molar-refractivity contribution is 6.33. The van der Waals surface area contributed by atoms with Gasteiger partial charge in [0.25, 0.3) is 0 Å². The molecular weight excluding hydrogens is 442 g/mol. The van der Waals surface area contributed by atoms with Gasteiger partial charge in [-0.15, -0.1) is 0 Å². The predicted molar refractivity (Wildman–Crippen MR) is 106 cm³/mol. The fraction of sp³-hybridized carbons (Fsp3) is 0.474. The van der Waals surface area contributed by atoms with E-state index in [1.54, 1.807) is 18.2 Å². The van der Waals surface area contributed by atoms with Crippen LogP contribution in [-0.4, -0.2) is 59.1 Å². The number of piperidine rings is 1. The van der Waals surface area contributed by atoms with Crippen molar-refractivity contribution in [3.05, 3.63) is 33.8 Å². The van der Waals surface area contributed by atoms with Gasteiger partial charge in [0.1, 0.15) is 25.4 Å². The molecule has 0 radical (unpaired) electrons. The number of benzene rings is 1. The molecule has 0 aromatic heterocycles. The Morgan fingerprint density at radius 1 is 1.27 bits per heavy atom. The molecule has 1 unspecified atom stereocenters. The van der Waals surface area contributed by atoms with Gasteiger partial charge in [-0.2, -0.15) is 0 Å². The summed E-state index contributed by atoms with van der Waals surface area (Å²) in [6.45, 7) is -1.33. The lowest BCUT2D eigenvalue weighted by molar-refractivity contribution is -0.140. The minimum atomic E-state index is -1.51. The first kappa shape index (κ1) is 23.9. The van der Waals surface area contributed by atoms with E-state index in [0.717, 1.165) is 0 Å². The number of aliphatic carboxylic acids is 1. The van der Waals surface area contributed by atoms with Crippen LogP contribution in [-0.2, 0) is 25.7 Å². The van der Waals surface area contributed by atoms with Crippen LogP contribution in [0.15, 0.2) is 18.2 Å². The third kappa shape index (κ3) is 6.56. The van der Waals surface area contributed by atoms with Gasteiger partial charge in [-0.1, -0.05) is 23.2 Å². The topological polar surface area (TPSA) is 113 Å². The molecule has 30 heavy (non-hydrogen) atoms. The quantitative estimate of drug-likeness (QED) is 0.613. The van der Waals surface area contributed by atoms with E-state index in [9.17, 15) is 23.6 Å². The summed E-state index contributed by atoms with van der Waals surface area (Å²) in [5, 5.41) is 11.9. The maximum Gasteiger partial charge on any atom is 0.410 e. The number of carbonyl (C=O) groups excluding carboxylic acids is 3. The summed E-state index contributed by atoms with van der Waals surface area (Å²) in [6.07, 6.45) is 0.0560. The Bertz CT molecular complexity index is 822. The van der Waals surface area contributed by atoms with Crippen LogP contribution in [0.5, 0.6) is 0 Å². The Balaban J connectivity index is 2.05. The lowest BCUT2D eigenvalue weighted by atomic mass is 10.0. The fourth-order valence-corrected chi connectivity index (χ4v) is 3.45. The first-order chi connectivity index (χ1) is 14.2. The molecule has 1 saturated heterocycles. The van der Waals surface area contributed by atoms with Crippen molar-refractivity contribution in [1.29, 1.82) is 0 Å². The van der Waals surface area contributed by atoms with E-state index in [2.05, 4.69) is 5.32 Å². The molecule has 2 rings (SSSR count). The lowest BCUT2D eigenvalue weighted by Gasteiger charge is -2.34. The number of halogens is 3. The number of carbonyl (C=O) groups is 4. The number of hydrogen-bond acceptors (Lipinski definition) is 5. The van der Waals surface area contributed by atoms with Gasteiger partial charge >= 0.3 is 12.1 Å². The lowest BCUT2D eigenvalue weighted by Crippen LogP contribution is -2.55. The Kier molecular flexibility index (Phi) is 8.86. The molecule has 11 heteroatoms. The summed E-state index contributed by atoms with van der Waals surface area (Å²) < 4.78 is 18.0. The summed E-state index contributed by atoms with van der Waals surface area (Å²) in [6, 6.07) is 2.23. The van der Waals surface area contributed by atoms with Crippen LogP contribution in [0.1, 0.15) is 31.2 Å². The molecule has 1 aromatic carbocycles. The van der Waals surface area contributed by atoms with E-state index in [1.165, 1.54) is 4.90 Å². The Morgan fingerprint density at radius 3 is 2.67 bits per heavy atom. The van der Waals surface area contributed by atoms with Crippen molar-refractivity contribution in [1.82, 2.24) is 10.2 Å². The molecule has 2 N–H and O–H groups in total. The van der Waals surface area contributed by atoms with Crippen LogP contribution in [0.4, 0.5) is 9.18 Å². The zero-order valence-electron chi connectivity index (χ0n) is 15.9. The normalized spacial score (nSPS) is 17.2. The largest absolute Gasteiger partial charge is 0.481 e. The molecule has 1 aliphatic rings. The van der Waals surface area contributed by atoms with Crippen molar-refractivity contribution in [2.45, 2.75) is 44.4 Å². The van der Waals surface area contributed by atoms with E-state index in [1.807, 2.05) is 0 Å². The summed E-state index contributed by atoms with van der Waals surface area (Å²) in [5.74, 6) is -3.15. The standard InChI is InChI=1S/C19H21Cl2FN2O6/c20-12-4-5-13(21)11(7-12)10-30-19(29)24-6-2-1-3-15(24)18(28)23-14(8-17(26)27)16(25)9-22/h4-5,7,14-15H,1-3,6,8-10H2,(H,23,28)(H,26,27)/t14?,15-/m0/s1. The number of rotatable bonds is 8. The van der Waals surface area contributed by atoms with E-state index in [0.29, 0.717) is 34.9 Å². The molecule has 2 atom stereocenters. The number of ether oxygens (including phenoxy) is 1. The van der Waals surface area contributed by atoms with Gasteiger partial charge in [0.05, 0.1) is 6.42 Å². The molecule has 0 aliphatic carbocycles. The second-order valence-electron chi connectivity index (χ2n) is 6.75.